The molecular weight excluding hydrogens is 264 g/mol. The molecule has 2 aromatic rings. The molecule has 0 spiro atoms. The molecule has 0 bridgehead atoms. The zero-order valence-corrected chi connectivity index (χ0v) is 13.2. The molecule has 0 amide bonds. The van der Waals surface area contributed by atoms with Crippen molar-refractivity contribution in [2.45, 2.75) is 39.9 Å². The van der Waals surface area contributed by atoms with Crippen LogP contribution in [-0.2, 0) is 13.1 Å². The molecule has 2 rings (SSSR count). The maximum atomic E-state index is 9.08. The summed E-state index contributed by atoms with van der Waals surface area (Å²) >= 11 is 0. The molecule has 0 aliphatic heterocycles. The molecule has 1 unspecified atom stereocenters. The quantitative estimate of drug-likeness (QED) is 0.884. The minimum absolute atomic E-state index is 0.113. The number of hydrogen-bond donors (Lipinski definition) is 1. The van der Waals surface area contributed by atoms with Crippen molar-refractivity contribution in [1.29, 1.82) is 0 Å². The molecule has 21 heavy (non-hydrogen) atoms. The second kappa shape index (κ2) is 6.83. The van der Waals surface area contributed by atoms with Crippen LogP contribution in [0.3, 0.4) is 0 Å². The Balaban J connectivity index is 2.14. The molecule has 0 aromatic carbocycles. The van der Waals surface area contributed by atoms with E-state index in [1.54, 1.807) is 0 Å². The minimum atomic E-state index is 0.113. The fourth-order valence-corrected chi connectivity index (χ4v) is 2.51. The van der Waals surface area contributed by atoms with Crippen LogP contribution < -0.4 is 0 Å². The summed E-state index contributed by atoms with van der Waals surface area (Å²) in [4.78, 5) is 6.69. The van der Waals surface area contributed by atoms with Crippen molar-refractivity contribution in [2.75, 3.05) is 13.7 Å². The third-order valence-electron chi connectivity index (χ3n) is 4.03. The van der Waals surface area contributed by atoms with E-state index < -0.39 is 0 Å². The number of aromatic nitrogens is 3. The molecule has 1 N–H and O–H groups in total. The second-order valence-electron chi connectivity index (χ2n) is 5.44. The van der Waals surface area contributed by atoms with Crippen molar-refractivity contribution in [2.24, 2.45) is 0 Å². The van der Waals surface area contributed by atoms with E-state index in [1.807, 2.05) is 29.9 Å². The van der Waals surface area contributed by atoms with Crippen LogP contribution in [0.5, 0.6) is 0 Å². The van der Waals surface area contributed by atoms with Crippen molar-refractivity contribution in [3.05, 3.63) is 47.0 Å². The van der Waals surface area contributed by atoms with E-state index in [2.05, 4.69) is 41.9 Å². The molecule has 0 aliphatic rings. The fraction of sp³-hybridized carbons (Fsp3) is 0.500. The molecular formula is C16H24N4O. The lowest BCUT2D eigenvalue weighted by Gasteiger charge is -2.24. The van der Waals surface area contributed by atoms with Crippen molar-refractivity contribution in [3.63, 3.8) is 0 Å². The van der Waals surface area contributed by atoms with Crippen LogP contribution in [0, 0.1) is 13.8 Å². The number of aryl methyl sites for hydroxylation is 1. The average Bonchev–Trinajstić information content (AvgIpc) is 2.75. The van der Waals surface area contributed by atoms with E-state index >= 15 is 0 Å². The van der Waals surface area contributed by atoms with E-state index in [4.69, 9.17) is 5.11 Å². The van der Waals surface area contributed by atoms with Gasteiger partial charge in [0.1, 0.15) is 0 Å². The molecule has 5 heteroatoms. The van der Waals surface area contributed by atoms with Gasteiger partial charge >= 0.3 is 0 Å². The fourth-order valence-electron chi connectivity index (χ4n) is 2.51. The minimum Gasteiger partial charge on any atom is -0.394 e. The van der Waals surface area contributed by atoms with Gasteiger partial charge in [-0.3, -0.25) is 14.6 Å². The van der Waals surface area contributed by atoms with Gasteiger partial charge in [0.25, 0.3) is 0 Å². The lowest BCUT2D eigenvalue weighted by atomic mass is 10.1. The maximum absolute atomic E-state index is 9.08. The van der Waals surface area contributed by atoms with Gasteiger partial charge in [0.05, 0.1) is 24.5 Å². The van der Waals surface area contributed by atoms with E-state index in [-0.39, 0.29) is 12.6 Å². The number of nitrogens with zero attached hydrogens (tertiary/aromatic N) is 4. The van der Waals surface area contributed by atoms with Crippen molar-refractivity contribution >= 4 is 0 Å². The number of aliphatic hydroxyl groups is 1. The SMILES string of the molecule is Cc1nn(CCO)c(C)c1CN(C)C(C)c1ccccn1. The van der Waals surface area contributed by atoms with Gasteiger partial charge in [-0.25, -0.2) is 0 Å². The summed E-state index contributed by atoms with van der Waals surface area (Å²) < 4.78 is 1.88. The molecule has 1 atom stereocenters. The number of hydrogen-bond acceptors (Lipinski definition) is 4. The lowest BCUT2D eigenvalue weighted by molar-refractivity contribution is 0.247. The average molecular weight is 288 g/mol. The summed E-state index contributed by atoms with van der Waals surface area (Å²) in [5, 5.41) is 13.6. The predicted molar refractivity (Wildman–Crippen MR) is 82.9 cm³/mol. The second-order valence-corrected chi connectivity index (χ2v) is 5.44. The molecule has 2 aromatic heterocycles. The zero-order chi connectivity index (χ0) is 15.4. The Bertz CT molecular complexity index is 579. The van der Waals surface area contributed by atoms with Gasteiger partial charge in [-0.15, -0.1) is 0 Å². The van der Waals surface area contributed by atoms with Gasteiger partial charge in [-0.1, -0.05) is 6.07 Å². The van der Waals surface area contributed by atoms with Crippen molar-refractivity contribution in [3.8, 4) is 0 Å². The Morgan fingerprint density at radius 3 is 2.71 bits per heavy atom. The van der Waals surface area contributed by atoms with Crippen LogP contribution in [0.2, 0.25) is 0 Å². The first-order valence-electron chi connectivity index (χ1n) is 7.29. The summed E-state index contributed by atoms with van der Waals surface area (Å²) in [5.41, 5.74) is 4.45. The summed E-state index contributed by atoms with van der Waals surface area (Å²) in [7, 11) is 2.10. The molecule has 0 aliphatic carbocycles. The monoisotopic (exact) mass is 288 g/mol. The van der Waals surface area contributed by atoms with Crippen molar-refractivity contribution < 1.29 is 5.11 Å². The van der Waals surface area contributed by atoms with E-state index in [0.29, 0.717) is 6.54 Å². The van der Waals surface area contributed by atoms with Gasteiger partial charge in [0.15, 0.2) is 0 Å². The van der Waals surface area contributed by atoms with Crippen LogP contribution in [-0.4, -0.2) is 38.4 Å². The molecule has 114 valence electrons. The lowest BCUT2D eigenvalue weighted by Crippen LogP contribution is -2.23. The first-order valence-corrected chi connectivity index (χ1v) is 7.29. The van der Waals surface area contributed by atoms with Gasteiger partial charge in [0, 0.05) is 30.0 Å². The Morgan fingerprint density at radius 1 is 1.33 bits per heavy atom. The first kappa shape index (κ1) is 15.7. The van der Waals surface area contributed by atoms with E-state index in [9.17, 15) is 0 Å². The van der Waals surface area contributed by atoms with Gasteiger partial charge in [0.2, 0.25) is 0 Å². The topological polar surface area (TPSA) is 54.2 Å². The molecule has 0 fully saturated rings. The normalized spacial score (nSPS) is 12.9. The van der Waals surface area contributed by atoms with Crippen LogP contribution in [0.4, 0.5) is 0 Å². The first-order chi connectivity index (χ1) is 10.0. The van der Waals surface area contributed by atoms with E-state index in [0.717, 1.165) is 23.6 Å². The van der Waals surface area contributed by atoms with Gasteiger partial charge in [-0.2, -0.15) is 5.10 Å². The van der Waals surface area contributed by atoms with Crippen molar-refractivity contribution in [1.82, 2.24) is 19.7 Å². The predicted octanol–water partition coefficient (Wildman–Crippen LogP) is 2.08. The summed E-state index contributed by atoms with van der Waals surface area (Å²) in [5.74, 6) is 0. The number of aliphatic hydroxyl groups excluding tert-OH is 1. The summed E-state index contributed by atoms with van der Waals surface area (Å²) in [6, 6.07) is 6.24. The number of pyridine rings is 1. The highest BCUT2D eigenvalue weighted by Gasteiger charge is 2.17. The highest BCUT2D eigenvalue weighted by atomic mass is 16.3. The van der Waals surface area contributed by atoms with Crippen LogP contribution >= 0.6 is 0 Å². The molecule has 5 nitrogen and oxygen atoms in total. The van der Waals surface area contributed by atoms with E-state index in [1.165, 1.54) is 5.56 Å². The summed E-state index contributed by atoms with van der Waals surface area (Å²) in [6.45, 7) is 7.72. The van der Waals surface area contributed by atoms with Gasteiger partial charge < -0.3 is 5.11 Å². The smallest absolute Gasteiger partial charge is 0.0644 e. The van der Waals surface area contributed by atoms with Crippen LogP contribution in [0.15, 0.2) is 24.4 Å². The Labute approximate surface area is 126 Å². The molecule has 0 radical (unpaired) electrons. The number of rotatable bonds is 6. The third-order valence-corrected chi connectivity index (χ3v) is 4.03. The molecule has 0 saturated carbocycles. The van der Waals surface area contributed by atoms with Crippen LogP contribution in [0.25, 0.3) is 0 Å². The molecule has 2 heterocycles. The van der Waals surface area contributed by atoms with Gasteiger partial charge in [-0.05, 0) is 40.0 Å². The Hall–Kier alpha value is -1.72. The highest BCUT2D eigenvalue weighted by Crippen LogP contribution is 2.21. The van der Waals surface area contributed by atoms with Crippen LogP contribution in [0.1, 0.15) is 35.6 Å². The zero-order valence-electron chi connectivity index (χ0n) is 13.2. The Morgan fingerprint density at radius 2 is 2.10 bits per heavy atom. The Kier molecular flexibility index (Phi) is 5.09. The highest BCUT2D eigenvalue weighted by molar-refractivity contribution is 5.24. The third kappa shape index (κ3) is 3.49. The standard InChI is InChI=1S/C16H24N4O/c1-12-15(13(2)20(18-12)9-10-21)11-19(4)14(3)16-7-5-6-8-17-16/h5-8,14,21H,9-11H2,1-4H3. The maximum Gasteiger partial charge on any atom is 0.0644 e. The largest absolute Gasteiger partial charge is 0.394 e. The molecule has 0 saturated heterocycles. The summed E-state index contributed by atoms with van der Waals surface area (Å²) in [6.07, 6.45) is 1.83.